The molecule has 0 spiro atoms. The molecule has 0 aliphatic carbocycles. The summed E-state index contributed by atoms with van der Waals surface area (Å²) in [5.41, 5.74) is -1.63. The van der Waals surface area contributed by atoms with Crippen LogP contribution in [0.2, 0.25) is 0 Å². The van der Waals surface area contributed by atoms with Gasteiger partial charge in [0.1, 0.15) is 5.75 Å². The van der Waals surface area contributed by atoms with Crippen LogP contribution >= 0.6 is 10.7 Å². The number of hydrogen-bond donors (Lipinski definition) is 0. The smallest absolute Gasteiger partial charge is 0.416 e. The molecule has 0 fully saturated rings. The third kappa shape index (κ3) is 6.00. The third-order valence-corrected chi connectivity index (χ3v) is 3.81. The number of rotatable bonds is 5. The molecule has 0 aliphatic rings. The van der Waals surface area contributed by atoms with Crippen LogP contribution in [0.1, 0.15) is 19.4 Å². The van der Waals surface area contributed by atoms with Crippen molar-refractivity contribution in [3.8, 4) is 5.75 Å². The van der Waals surface area contributed by atoms with Gasteiger partial charge >= 0.3 is 6.18 Å². The second-order valence-corrected chi connectivity index (χ2v) is 7.94. The summed E-state index contributed by atoms with van der Waals surface area (Å²) in [7, 11) is 1.45. The highest BCUT2D eigenvalue weighted by molar-refractivity contribution is 8.13. The average Bonchev–Trinajstić information content (AvgIpc) is 2.22. The summed E-state index contributed by atoms with van der Waals surface area (Å²) in [5, 5.41) is 0. The Morgan fingerprint density at radius 1 is 1.25 bits per heavy atom. The fraction of sp³-hybridized carbons (Fsp3) is 0.500. The van der Waals surface area contributed by atoms with Gasteiger partial charge in [0, 0.05) is 16.1 Å². The maximum absolute atomic E-state index is 12.5. The summed E-state index contributed by atoms with van der Waals surface area (Å²) in [6.07, 6.45) is -4.45. The summed E-state index contributed by atoms with van der Waals surface area (Å²) in [4.78, 5) is 0. The van der Waals surface area contributed by atoms with Crippen molar-refractivity contribution < 1.29 is 26.3 Å². The monoisotopic (exact) mass is 330 g/mol. The molecule has 0 aromatic heterocycles. The van der Waals surface area contributed by atoms with Crippen molar-refractivity contribution in [1.82, 2.24) is 0 Å². The molecule has 0 atom stereocenters. The van der Waals surface area contributed by atoms with E-state index in [-0.39, 0.29) is 18.1 Å². The summed E-state index contributed by atoms with van der Waals surface area (Å²) in [6.45, 7) is 3.13. The van der Waals surface area contributed by atoms with Gasteiger partial charge in [0.15, 0.2) is 0 Å². The normalized spacial score (nSPS) is 13.3. The van der Waals surface area contributed by atoms with E-state index in [1.165, 1.54) is 12.1 Å². The lowest BCUT2D eigenvalue weighted by Crippen LogP contribution is -2.28. The molecule has 0 radical (unpaired) electrons. The third-order valence-electron chi connectivity index (χ3n) is 2.35. The molecule has 0 amide bonds. The van der Waals surface area contributed by atoms with Gasteiger partial charge in [-0.3, -0.25) is 0 Å². The Labute approximate surface area is 120 Å². The molecule has 0 aliphatic heterocycles. The Hall–Kier alpha value is -0.950. The number of hydrogen-bond acceptors (Lipinski definition) is 3. The quantitative estimate of drug-likeness (QED) is 0.773. The molecule has 0 saturated carbocycles. The predicted molar refractivity (Wildman–Crippen MR) is 70.4 cm³/mol. The Balaban J connectivity index is 2.76. The zero-order valence-corrected chi connectivity index (χ0v) is 12.4. The molecule has 20 heavy (non-hydrogen) atoms. The first-order valence-corrected chi connectivity index (χ1v) is 8.09. The molecular weight excluding hydrogens is 317 g/mol. The van der Waals surface area contributed by atoms with Gasteiger partial charge in [-0.1, -0.05) is 19.9 Å². The fourth-order valence-electron chi connectivity index (χ4n) is 1.55. The van der Waals surface area contributed by atoms with Crippen LogP contribution in [0.25, 0.3) is 0 Å². The lowest BCUT2D eigenvalue weighted by Gasteiger charge is -2.23. The number of ether oxygens (including phenoxy) is 1. The molecule has 0 saturated heterocycles. The fourth-order valence-corrected chi connectivity index (χ4v) is 3.45. The van der Waals surface area contributed by atoms with E-state index in [0.29, 0.717) is 0 Å². The summed E-state index contributed by atoms with van der Waals surface area (Å²) < 4.78 is 64.8. The van der Waals surface area contributed by atoms with Crippen LogP contribution in [0, 0.1) is 5.41 Å². The van der Waals surface area contributed by atoms with E-state index >= 15 is 0 Å². The first-order chi connectivity index (χ1) is 8.89. The molecule has 1 aromatic carbocycles. The van der Waals surface area contributed by atoms with E-state index in [9.17, 15) is 21.6 Å². The molecule has 1 rings (SSSR count). The second kappa shape index (κ2) is 5.81. The highest BCUT2D eigenvalue weighted by atomic mass is 35.7. The minimum Gasteiger partial charge on any atom is -0.493 e. The first kappa shape index (κ1) is 17.1. The Morgan fingerprint density at radius 2 is 1.85 bits per heavy atom. The molecule has 0 N–H and O–H groups in total. The van der Waals surface area contributed by atoms with E-state index in [1.807, 2.05) is 0 Å². The molecular formula is C12H14ClF3O3S. The second-order valence-electron chi connectivity index (χ2n) is 5.16. The van der Waals surface area contributed by atoms with Crippen LogP contribution in [0.5, 0.6) is 5.75 Å². The van der Waals surface area contributed by atoms with Crippen molar-refractivity contribution in [1.29, 1.82) is 0 Å². The Bertz CT molecular complexity index is 568. The lowest BCUT2D eigenvalue weighted by molar-refractivity contribution is -0.137. The molecule has 0 unspecified atom stereocenters. The number of benzene rings is 1. The minimum absolute atomic E-state index is 0.0277. The van der Waals surface area contributed by atoms with E-state index in [0.717, 1.165) is 12.1 Å². The van der Waals surface area contributed by atoms with Crippen molar-refractivity contribution in [3.63, 3.8) is 0 Å². The van der Waals surface area contributed by atoms with Crippen LogP contribution in [0.15, 0.2) is 24.3 Å². The van der Waals surface area contributed by atoms with Gasteiger partial charge in [0.2, 0.25) is 9.05 Å². The topological polar surface area (TPSA) is 43.4 Å². The van der Waals surface area contributed by atoms with Crippen molar-refractivity contribution in [2.45, 2.75) is 20.0 Å². The molecule has 1 aromatic rings. The highest BCUT2D eigenvalue weighted by Crippen LogP contribution is 2.31. The summed E-state index contributed by atoms with van der Waals surface area (Å²) >= 11 is 0. The van der Waals surface area contributed by atoms with Crippen LogP contribution < -0.4 is 4.74 Å². The highest BCUT2D eigenvalue weighted by Gasteiger charge is 2.31. The summed E-state index contributed by atoms with van der Waals surface area (Å²) in [6, 6.07) is 4.40. The Kier molecular flexibility index (Phi) is 4.97. The molecule has 3 nitrogen and oxygen atoms in total. The SMILES string of the molecule is CC(C)(COc1cccc(C(F)(F)F)c1)CS(=O)(=O)Cl. The van der Waals surface area contributed by atoms with E-state index in [2.05, 4.69) is 0 Å². The standard InChI is InChI=1S/C12H14ClF3O3S/c1-11(2,8-20(13,17)18)7-19-10-5-3-4-9(6-10)12(14,15)16/h3-6H,7-8H2,1-2H3. The maximum atomic E-state index is 12.5. The van der Waals surface area contributed by atoms with Gasteiger partial charge in [-0.05, 0) is 18.2 Å². The predicted octanol–water partition coefficient (Wildman–Crippen LogP) is 3.68. The van der Waals surface area contributed by atoms with Crippen LogP contribution in [0.3, 0.4) is 0 Å². The number of alkyl halides is 3. The maximum Gasteiger partial charge on any atom is 0.416 e. The van der Waals surface area contributed by atoms with Gasteiger partial charge in [-0.2, -0.15) is 13.2 Å². The van der Waals surface area contributed by atoms with Gasteiger partial charge < -0.3 is 4.74 Å². The largest absolute Gasteiger partial charge is 0.493 e. The van der Waals surface area contributed by atoms with Gasteiger partial charge in [0.05, 0.1) is 17.9 Å². The van der Waals surface area contributed by atoms with Gasteiger partial charge in [-0.25, -0.2) is 8.42 Å². The van der Waals surface area contributed by atoms with Crippen LogP contribution in [-0.4, -0.2) is 20.8 Å². The lowest BCUT2D eigenvalue weighted by atomic mass is 9.98. The first-order valence-electron chi connectivity index (χ1n) is 5.61. The summed E-state index contributed by atoms with van der Waals surface area (Å²) in [5.74, 6) is -0.305. The molecule has 8 heteroatoms. The molecule has 0 bridgehead atoms. The zero-order chi connectivity index (χ0) is 15.6. The number of halogens is 4. The van der Waals surface area contributed by atoms with Crippen LogP contribution in [0.4, 0.5) is 13.2 Å². The molecule has 114 valence electrons. The van der Waals surface area contributed by atoms with Crippen molar-refractivity contribution in [2.24, 2.45) is 5.41 Å². The Morgan fingerprint density at radius 3 is 2.35 bits per heavy atom. The van der Waals surface area contributed by atoms with Crippen molar-refractivity contribution in [2.75, 3.05) is 12.4 Å². The van der Waals surface area contributed by atoms with Gasteiger partial charge in [0.25, 0.3) is 0 Å². The zero-order valence-electron chi connectivity index (χ0n) is 10.9. The minimum atomic E-state index is -4.45. The van der Waals surface area contributed by atoms with Crippen molar-refractivity contribution in [3.05, 3.63) is 29.8 Å². The van der Waals surface area contributed by atoms with Crippen LogP contribution in [-0.2, 0) is 15.2 Å². The van der Waals surface area contributed by atoms with Crippen molar-refractivity contribution >= 4 is 19.7 Å². The van der Waals surface area contributed by atoms with Gasteiger partial charge in [-0.15, -0.1) is 0 Å². The average molecular weight is 331 g/mol. The molecule has 0 heterocycles. The van der Waals surface area contributed by atoms with E-state index in [4.69, 9.17) is 15.4 Å². The van der Waals surface area contributed by atoms with E-state index < -0.39 is 26.2 Å². The van der Waals surface area contributed by atoms with E-state index in [1.54, 1.807) is 13.8 Å².